The third-order valence-corrected chi connectivity index (χ3v) is 11.1. The third kappa shape index (κ3) is 43.6. The molecule has 0 rings (SSSR count). The van der Waals surface area contributed by atoms with Crippen LogP contribution in [0.1, 0.15) is 227 Å². The van der Waals surface area contributed by atoms with Crippen LogP contribution in [0.25, 0.3) is 0 Å². The lowest BCUT2D eigenvalue weighted by Gasteiger charge is -2.26. The van der Waals surface area contributed by atoms with Gasteiger partial charge in [0.15, 0.2) is 0 Å². The highest BCUT2D eigenvalue weighted by Crippen LogP contribution is 2.13. The summed E-state index contributed by atoms with van der Waals surface area (Å²) >= 11 is 0. The maximum absolute atomic E-state index is 12.6. The molecule has 8 heteroatoms. The lowest BCUT2D eigenvalue weighted by molar-refractivity contribution is -0.145. The fraction of sp³-hybridized carbons (Fsp3) is 0.827. The zero-order valence-electron chi connectivity index (χ0n) is 40.1. The summed E-state index contributed by atoms with van der Waals surface area (Å²) in [5, 5.41) is 6.58. The Morgan fingerprint density at radius 1 is 0.483 bits per heavy atom. The second-order valence-corrected chi connectivity index (χ2v) is 17.6. The Morgan fingerprint density at radius 3 is 1.50 bits per heavy atom. The van der Waals surface area contributed by atoms with Crippen molar-refractivity contribution in [1.82, 2.24) is 15.5 Å². The first-order valence-electron chi connectivity index (χ1n) is 25.2. The second kappa shape index (κ2) is 44.6. The first-order valence-corrected chi connectivity index (χ1v) is 25.2. The summed E-state index contributed by atoms with van der Waals surface area (Å²) in [5.41, 5.74) is -0.0765. The minimum absolute atomic E-state index is 0.0507. The van der Waals surface area contributed by atoms with Crippen LogP contribution < -0.4 is 10.6 Å². The van der Waals surface area contributed by atoms with E-state index in [1.54, 1.807) is 0 Å². The van der Waals surface area contributed by atoms with E-state index in [0.717, 1.165) is 77.2 Å². The molecule has 0 radical (unpaired) electrons. The van der Waals surface area contributed by atoms with Crippen LogP contribution in [0.4, 0.5) is 0 Å². The van der Waals surface area contributed by atoms with Crippen molar-refractivity contribution < 1.29 is 23.9 Å². The molecule has 0 saturated carbocycles. The Hall–Kier alpha value is -2.45. The van der Waals surface area contributed by atoms with Gasteiger partial charge in [-0.1, -0.05) is 141 Å². The van der Waals surface area contributed by atoms with Gasteiger partial charge >= 0.3 is 11.9 Å². The van der Waals surface area contributed by atoms with Crippen LogP contribution >= 0.6 is 0 Å². The summed E-state index contributed by atoms with van der Waals surface area (Å²) in [7, 11) is 0. The highest BCUT2D eigenvalue weighted by atomic mass is 16.5. The monoisotopic (exact) mass is 844 g/mol. The van der Waals surface area contributed by atoms with E-state index < -0.39 is 0 Å². The van der Waals surface area contributed by atoms with E-state index in [2.05, 4.69) is 86.6 Å². The topological polar surface area (TPSA) is 97.0 Å². The van der Waals surface area contributed by atoms with Gasteiger partial charge in [-0.25, -0.2) is 0 Å². The highest BCUT2D eigenvalue weighted by Gasteiger charge is 2.18. The van der Waals surface area contributed by atoms with E-state index in [0.29, 0.717) is 65.1 Å². The molecule has 0 aliphatic carbocycles. The number of rotatable bonds is 45. The van der Waals surface area contributed by atoms with Gasteiger partial charge in [-0.15, -0.1) is 0 Å². The normalized spacial score (nSPS) is 12.1. The van der Waals surface area contributed by atoms with Crippen LogP contribution in [-0.4, -0.2) is 74.2 Å². The van der Waals surface area contributed by atoms with Crippen molar-refractivity contribution in [3.8, 4) is 0 Å². The standard InChI is InChI=1S/C52H97N3O5/c1-6-9-11-13-15-17-19-21-23-25-27-29-31-33-35-38-50(57)59-47-37-44-55(45-43-53-49(56)40-41-52(4,5)54-42-8-3)46-48-60-51(58)39-36-34-32-30-28-26-24-22-20-18-16-14-12-10-7-2/h16,18,21-24,54H,6-15,17,19-20,25-48H2,1-5H3,(H,53,56)/b18-16-,23-21-,24-22-. The molecule has 350 valence electrons. The summed E-state index contributed by atoms with van der Waals surface area (Å²) in [6, 6.07) is 0. The minimum Gasteiger partial charge on any atom is -0.466 e. The van der Waals surface area contributed by atoms with Crippen LogP contribution in [0.2, 0.25) is 0 Å². The van der Waals surface area contributed by atoms with Gasteiger partial charge in [-0.3, -0.25) is 19.3 Å². The number of ether oxygens (including phenoxy) is 2. The van der Waals surface area contributed by atoms with Gasteiger partial charge in [-0.2, -0.15) is 0 Å². The number of carbonyl (C=O) groups excluding carboxylic acids is 3. The van der Waals surface area contributed by atoms with Crippen molar-refractivity contribution in [1.29, 1.82) is 0 Å². The van der Waals surface area contributed by atoms with Crippen molar-refractivity contribution in [3.63, 3.8) is 0 Å². The minimum atomic E-state index is -0.141. The molecule has 0 bridgehead atoms. The van der Waals surface area contributed by atoms with E-state index in [-0.39, 0.29) is 23.4 Å². The van der Waals surface area contributed by atoms with Gasteiger partial charge < -0.3 is 20.1 Å². The molecule has 0 atom stereocenters. The number of unbranched alkanes of at least 4 members (excludes halogenated alkanes) is 19. The van der Waals surface area contributed by atoms with Gasteiger partial charge in [0.1, 0.15) is 6.61 Å². The number of esters is 2. The van der Waals surface area contributed by atoms with Gasteiger partial charge in [0, 0.05) is 51.0 Å². The SMILES string of the molecule is CCCCC/C=C\C/C=C\CCCCCCCC(=O)OCCN(CCCOC(=O)CCCCCCC/C=C\CCCCCCCC)CCNC(=O)CCC(C)(C)NCCC. The van der Waals surface area contributed by atoms with Gasteiger partial charge in [0.2, 0.25) is 5.91 Å². The number of amides is 1. The van der Waals surface area contributed by atoms with E-state index in [9.17, 15) is 14.4 Å². The molecule has 0 unspecified atom stereocenters. The molecule has 0 aromatic rings. The van der Waals surface area contributed by atoms with Gasteiger partial charge in [-0.05, 0) is 110 Å². The molecule has 0 heterocycles. The lowest BCUT2D eigenvalue weighted by Crippen LogP contribution is -2.41. The van der Waals surface area contributed by atoms with Crippen LogP contribution in [0, 0.1) is 0 Å². The zero-order chi connectivity index (χ0) is 44.0. The van der Waals surface area contributed by atoms with E-state index >= 15 is 0 Å². The van der Waals surface area contributed by atoms with Crippen molar-refractivity contribution in [2.24, 2.45) is 0 Å². The van der Waals surface area contributed by atoms with Crippen LogP contribution in [-0.2, 0) is 23.9 Å². The quantitative estimate of drug-likeness (QED) is 0.0358. The maximum atomic E-state index is 12.6. The van der Waals surface area contributed by atoms with E-state index in [1.807, 2.05) is 0 Å². The Balaban J connectivity index is 4.33. The average molecular weight is 844 g/mol. The zero-order valence-corrected chi connectivity index (χ0v) is 40.1. The molecule has 0 aliphatic rings. The van der Waals surface area contributed by atoms with Crippen molar-refractivity contribution >= 4 is 17.8 Å². The van der Waals surface area contributed by atoms with Crippen molar-refractivity contribution in [2.45, 2.75) is 233 Å². The van der Waals surface area contributed by atoms with E-state index in [4.69, 9.17) is 9.47 Å². The van der Waals surface area contributed by atoms with Crippen molar-refractivity contribution in [3.05, 3.63) is 36.5 Å². The summed E-state index contributed by atoms with van der Waals surface area (Å²) in [5.74, 6) is -0.211. The molecule has 1 amide bonds. The average Bonchev–Trinajstić information content (AvgIpc) is 3.23. The molecule has 0 saturated heterocycles. The van der Waals surface area contributed by atoms with Crippen LogP contribution in [0.3, 0.4) is 0 Å². The molecule has 60 heavy (non-hydrogen) atoms. The Kier molecular flexibility index (Phi) is 42.8. The molecular weight excluding hydrogens is 747 g/mol. The predicted molar refractivity (Wildman–Crippen MR) is 256 cm³/mol. The number of nitrogens with zero attached hydrogens (tertiary/aromatic N) is 1. The summed E-state index contributed by atoms with van der Waals surface area (Å²) in [4.78, 5) is 39.7. The Morgan fingerprint density at radius 2 is 0.950 bits per heavy atom. The Labute approximate surface area is 371 Å². The molecule has 2 N–H and O–H groups in total. The molecular formula is C52H97N3O5. The number of hydrogen-bond donors (Lipinski definition) is 2. The molecule has 0 spiro atoms. The molecule has 0 fully saturated rings. The number of allylic oxidation sites excluding steroid dienone is 6. The fourth-order valence-corrected chi connectivity index (χ4v) is 7.08. The largest absolute Gasteiger partial charge is 0.466 e. The first-order chi connectivity index (χ1) is 29.2. The summed E-state index contributed by atoms with van der Waals surface area (Å²) in [6.07, 6.45) is 46.6. The van der Waals surface area contributed by atoms with E-state index in [1.165, 1.54) is 96.3 Å². The van der Waals surface area contributed by atoms with Crippen LogP contribution in [0.5, 0.6) is 0 Å². The molecule has 0 aliphatic heterocycles. The fourth-order valence-electron chi connectivity index (χ4n) is 7.08. The van der Waals surface area contributed by atoms with Gasteiger partial charge in [0.05, 0.1) is 6.61 Å². The lowest BCUT2D eigenvalue weighted by atomic mass is 9.98. The predicted octanol–water partition coefficient (Wildman–Crippen LogP) is 13.3. The number of hydrogen-bond acceptors (Lipinski definition) is 7. The molecule has 8 nitrogen and oxygen atoms in total. The van der Waals surface area contributed by atoms with Gasteiger partial charge in [0.25, 0.3) is 0 Å². The molecule has 0 aromatic heterocycles. The maximum Gasteiger partial charge on any atom is 0.305 e. The molecule has 0 aromatic carbocycles. The highest BCUT2D eigenvalue weighted by molar-refractivity contribution is 5.75. The second-order valence-electron chi connectivity index (χ2n) is 17.6. The number of carbonyl (C=O) groups is 3. The van der Waals surface area contributed by atoms with Crippen molar-refractivity contribution in [2.75, 3.05) is 45.9 Å². The Bertz CT molecular complexity index is 1070. The third-order valence-electron chi connectivity index (χ3n) is 11.1. The van der Waals surface area contributed by atoms with Crippen LogP contribution in [0.15, 0.2) is 36.5 Å². The summed E-state index contributed by atoms with van der Waals surface area (Å²) in [6.45, 7) is 15.0. The first kappa shape index (κ1) is 57.5. The smallest absolute Gasteiger partial charge is 0.305 e. The summed E-state index contributed by atoms with van der Waals surface area (Å²) < 4.78 is 11.2. The number of nitrogens with one attached hydrogen (secondary N) is 2.